The van der Waals surface area contributed by atoms with Gasteiger partial charge in [-0.25, -0.2) is 0 Å². The zero-order chi connectivity index (χ0) is 83.5. The summed E-state index contributed by atoms with van der Waals surface area (Å²) >= 11 is 3.42. The number of unbranched alkanes of at least 4 members (excludes halogenated alkanes) is 24. The van der Waals surface area contributed by atoms with E-state index in [1.165, 1.54) is 77.0 Å². The van der Waals surface area contributed by atoms with E-state index in [-0.39, 0.29) is 0 Å². The van der Waals surface area contributed by atoms with E-state index in [0.29, 0.717) is 52.9 Å². The Kier molecular flexibility index (Phi) is 37.7. The molecular formula is C106H138O8S2Si2. The number of ether oxygens (including phenoxy) is 8. The van der Waals surface area contributed by atoms with E-state index >= 15 is 0 Å². The Bertz CT molecular complexity index is 4830. The van der Waals surface area contributed by atoms with Crippen molar-refractivity contribution in [3.63, 3.8) is 0 Å². The molecule has 0 aliphatic heterocycles. The van der Waals surface area contributed by atoms with Crippen LogP contribution in [0.4, 0.5) is 0 Å². The van der Waals surface area contributed by atoms with E-state index in [1.54, 1.807) is 22.7 Å². The second-order valence-electron chi connectivity index (χ2n) is 34.4. The SMILES string of the molecule is CCCCCCOc1cc2c(cc1C#Cc1ccc(-c3ccc(C#Cc4cc5c6cc(C#C[Si](C)(C)C)c(OCCCCCC)cc6c6cc(OCCCCCC)c(OCCCCCC)cc6c5cc4OCCCCCC)s3)s1)c1cc(C#C[Si](C)(C)C)c(OCCCCCC)cc1c1cc(OCCCCCC)c(OCCCCCC)cc21. The van der Waals surface area contributed by atoms with Gasteiger partial charge in [-0.1, -0.05) is 284 Å². The van der Waals surface area contributed by atoms with E-state index in [1.807, 2.05) is 0 Å². The molecular weight excluding hydrogens is 1520 g/mol. The first kappa shape index (κ1) is 92.1. The molecule has 0 bridgehead atoms. The molecule has 0 saturated heterocycles. The van der Waals surface area contributed by atoms with Gasteiger partial charge in [0.25, 0.3) is 0 Å². The lowest BCUT2D eigenvalue weighted by molar-refractivity contribution is 0.259. The van der Waals surface area contributed by atoms with Crippen molar-refractivity contribution >= 4 is 103 Å². The second kappa shape index (κ2) is 48.3. The first-order chi connectivity index (χ1) is 57.5. The van der Waals surface area contributed by atoms with E-state index in [2.05, 4.69) is 238 Å². The van der Waals surface area contributed by atoms with Gasteiger partial charge in [0.15, 0.2) is 23.0 Å². The highest BCUT2D eigenvalue weighted by molar-refractivity contribution is 7.22. The molecule has 0 spiro atoms. The molecule has 10 aromatic rings. The Hall–Kier alpha value is -8.21. The van der Waals surface area contributed by atoms with E-state index in [0.717, 1.165) is 281 Å². The van der Waals surface area contributed by atoms with Crippen molar-refractivity contribution < 1.29 is 37.9 Å². The van der Waals surface area contributed by atoms with Gasteiger partial charge < -0.3 is 37.9 Å². The summed E-state index contributed by atoms with van der Waals surface area (Å²) in [4.78, 5) is 4.21. The number of benzene rings is 8. The maximum atomic E-state index is 6.97. The van der Waals surface area contributed by atoms with Gasteiger partial charge in [0.1, 0.15) is 39.1 Å². The summed E-state index contributed by atoms with van der Waals surface area (Å²) in [5, 5.41) is 13.0. The zero-order valence-corrected chi connectivity index (χ0v) is 78.2. The van der Waals surface area contributed by atoms with Crippen LogP contribution < -0.4 is 37.9 Å². The fourth-order valence-electron chi connectivity index (χ4n) is 15.0. The monoisotopic (exact) mass is 1660 g/mol. The van der Waals surface area contributed by atoms with Crippen molar-refractivity contribution in [3.05, 3.63) is 129 Å². The highest BCUT2D eigenvalue weighted by Gasteiger charge is 2.24. The number of thiophene rings is 2. The molecule has 2 heterocycles. The third-order valence-corrected chi connectivity index (χ3v) is 25.6. The van der Waals surface area contributed by atoms with Crippen LogP contribution in [0.25, 0.3) is 74.4 Å². The Labute approximate surface area is 720 Å². The fourth-order valence-corrected chi connectivity index (χ4v) is 17.8. The summed E-state index contributed by atoms with van der Waals surface area (Å²) < 4.78 is 54.9. The minimum atomic E-state index is -1.80. The number of rotatable bonds is 49. The Balaban J connectivity index is 1.09. The molecule has 8 nitrogen and oxygen atoms in total. The quantitative estimate of drug-likeness (QED) is 0.0162. The molecule has 0 amide bonds. The zero-order valence-electron chi connectivity index (χ0n) is 74.6. The summed E-state index contributed by atoms with van der Waals surface area (Å²) in [5.41, 5.74) is 11.0. The third kappa shape index (κ3) is 27.4. The molecule has 0 radical (unpaired) electrons. The number of fused-ring (bicyclic) bond motifs is 12. The largest absolute Gasteiger partial charge is 0.492 e. The average molecular weight is 1660 g/mol. The van der Waals surface area contributed by atoms with Gasteiger partial charge in [0.2, 0.25) is 0 Å². The second-order valence-corrected chi connectivity index (χ2v) is 46.0. The van der Waals surface area contributed by atoms with Crippen molar-refractivity contribution in [2.75, 3.05) is 52.9 Å². The summed E-state index contributed by atoms with van der Waals surface area (Å²) in [6.07, 6.45) is 35.5. The van der Waals surface area contributed by atoms with Gasteiger partial charge in [-0.05, 0) is 213 Å². The van der Waals surface area contributed by atoms with Gasteiger partial charge >= 0.3 is 0 Å². The third-order valence-electron chi connectivity index (χ3n) is 21.7. The van der Waals surface area contributed by atoms with Gasteiger partial charge in [-0.2, -0.15) is 0 Å². The van der Waals surface area contributed by atoms with Crippen molar-refractivity contribution in [2.24, 2.45) is 0 Å². The maximum absolute atomic E-state index is 6.97. The molecule has 8 aromatic carbocycles. The van der Waals surface area contributed by atoms with Gasteiger partial charge in [-0.3, -0.25) is 0 Å². The van der Waals surface area contributed by atoms with Gasteiger partial charge in [0, 0.05) is 9.75 Å². The lowest BCUT2D eigenvalue weighted by Gasteiger charge is -2.19. The molecule has 2 aromatic heterocycles. The molecule has 0 atom stereocenters. The Morgan fingerprint density at radius 3 is 0.602 bits per heavy atom. The Morgan fingerprint density at radius 1 is 0.212 bits per heavy atom. The summed E-state index contributed by atoms with van der Waals surface area (Å²) in [6.45, 7) is 36.8. The predicted molar refractivity (Wildman–Crippen MR) is 515 cm³/mol. The maximum Gasteiger partial charge on any atom is 0.161 e. The first-order valence-electron chi connectivity index (χ1n) is 45.9. The van der Waals surface area contributed by atoms with Crippen LogP contribution in [0.2, 0.25) is 39.3 Å². The highest BCUT2D eigenvalue weighted by Crippen LogP contribution is 2.48. The van der Waals surface area contributed by atoms with Crippen LogP contribution in [-0.2, 0) is 0 Å². The minimum Gasteiger partial charge on any atom is -0.492 e. The molecule has 0 saturated carbocycles. The molecule has 118 heavy (non-hydrogen) atoms. The van der Waals surface area contributed by atoms with Crippen molar-refractivity contribution in [3.8, 4) is 102 Å². The number of hydrogen-bond donors (Lipinski definition) is 0. The van der Waals surface area contributed by atoms with E-state index in [9.17, 15) is 0 Å². The lowest BCUT2D eigenvalue weighted by Crippen LogP contribution is -2.16. The fraction of sp³-hybridized carbons (Fsp3) is 0.509. The van der Waals surface area contributed by atoms with Crippen LogP contribution in [0.15, 0.2) is 97.1 Å². The van der Waals surface area contributed by atoms with Gasteiger partial charge in [-0.15, -0.1) is 33.8 Å². The summed E-state index contributed by atoms with van der Waals surface area (Å²) in [5.74, 6) is 28.5. The summed E-state index contributed by atoms with van der Waals surface area (Å²) in [7, 11) is -3.61. The molecule has 12 heteroatoms. The number of hydrogen-bond acceptors (Lipinski definition) is 10. The van der Waals surface area contributed by atoms with Crippen LogP contribution >= 0.6 is 22.7 Å². The predicted octanol–water partition coefficient (Wildman–Crippen LogP) is 31.3. The lowest BCUT2D eigenvalue weighted by atomic mass is 9.91. The standard InChI is InChI=1S/C106H138O8S2Si2/c1-15-23-31-39-57-107-97-71-89-85(87-69-81(55-65-117(9,10)11)99(109-59-41-33-25-17-3)73-91(87)95-77-103(113-63-45-37-29-21-7)101(75-93(89)95)111-61-43-35-27-19-5)67-79(97)47-49-83-51-53-105(115-83)106-54-52-84(116-106)50-48-80-68-86-88-70-82(56-66-118(12,13)14)100(110-60-42-34-26-18-4)74-92(88)96-78-104(114-64-46-38-30-22-8)102(112-62-44-36-28-20-6)76-94(96)90(86)72-98(80)108-58-40-32-24-16-2/h51-54,67-78H,15-46,57-64H2,1-14H3. The molecule has 0 N–H and O–H groups in total. The Morgan fingerprint density at radius 2 is 0.398 bits per heavy atom. The normalized spacial score (nSPS) is 11.5. The van der Waals surface area contributed by atoms with E-state index in [4.69, 9.17) is 37.9 Å². The van der Waals surface area contributed by atoms with Crippen molar-refractivity contribution in [2.45, 2.75) is 300 Å². The van der Waals surface area contributed by atoms with Crippen molar-refractivity contribution in [1.29, 1.82) is 0 Å². The summed E-state index contributed by atoms with van der Waals surface area (Å²) in [6, 6.07) is 35.9. The van der Waals surface area contributed by atoms with Crippen LogP contribution in [0.5, 0.6) is 46.0 Å². The van der Waals surface area contributed by atoms with E-state index < -0.39 is 16.1 Å². The average Bonchev–Trinajstić information content (AvgIpc) is 0.816. The molecule has 0 aliphatic rings. The van der Waals surface area contributed by atoms with Crippen LogP contribution in [0.1, 0.15) is 293 Å². The molecule has 0 fully saturated rings. The highest BCUT2D eigenvalue weighted by atomic mass is 32.1. The van der Waals surface area contributed by atoms with Crippen molar-refractivity contribution in [1.82, 2.24) is 0 Å². The molecule has 10 rings (SSSR count). The van der Waals surface area contributed by atoms with Crippen LogP contribution in [0.3, 0.4) is 0 Å². The van der Waals surface area contributed by atoms with Crippen LogP contribution in [-0.4, -0.2) is 69.0 Å². The topological polar surface area (TPSA) is 73.8 Å². The first-order valence-corrected chi connectivity index (χ1v) is 54.5. The minimum absolute atomic E-state index is 0.593. The molecule has 0 unspecified atom stereocenters. The van der Waals surface area contributed by atoms with Crippen LogP contribution in [0, 0.1) is 46.6 Å². The molecule has 630 valence electrons. The van der Waals surface area contributed by atoms with Gasteiger partial charge in [0.05, 0.1) is 84.9 Å². The molecule has 0 aliphatic carbocycles. The smallest absolute Gasteiger partial charge is 0.161 e.